The minimum atomic E-state index is -1.05. The minimum Gasteiger partial charge on any atom is -0.480 e. The molecule has 1 heterocycles. The van der Waals surface area contributed by atoms with Gasteiger partial charge in [-0.3, -0.25) is 4.79 Å². The predicted octanol–water partition coefficient (Wildman–Crippen LogP) is 3.40. The standard InChI is InChI=1S/C27H30N2O6/c30-25(29-12-13-34-16-24(29)26(31)32)17-6-5-7-18(14-17)28-27(33)35-15-23-21-10-3-1-8-19(21)20-9-2-4-11-22(20)23/h1-4,8-11,17-18,23-24H,5-7,12-16H2,(H,28,33)(H,31,32). The average molecular weight is 479 g/mol. The summed E-state index contributed by atoms with van der Waals surface area (Å²) in [6.07, 6.45) is 2.23. The Kier molecular flexibility index (Phi) is 6.72. The van der Waals surface area contributed by atoms with E-state index in [0.29, 0.717) is 19.4 Å². The molecule has 3 aliphatic rings. The molecular weight excluding hydrogens is 448 g/mol. The molecule has 0 aromatic heterocycles. The van der Waals surface area contributed by atoms with Crippen molar-refractivity contribution in [1.29, 1.82) is 0 Å². The molecule has 1 saturated heterocycles. The van der Waals surface area contributed by atoms with Crippen molar-refractivity contribution in [2.24, 2.45) is 5.92 Å². The highest BCUT2D eigenvalue weighted by Gasteiger charge is 2.38. The van der Waals surface area contributed by atoms with Crippen LogP contribution in [0, 0.1) is 5.92 Å². The van der Waals surface area contributed by atoms with E-state index in [1.54, 1.807) is 0 Å². The lowest BCUT2D eigenvalue weighted by Gasteiger charge is -2.37. The van der Waals surface area contributed by atoms with Crippen molar-refractivity contribution in [2.75, 3.05) is 26.4 Å². The molecule has 2 aliphatic carbocycles. The van der Waals surface area contributed by atoms with Gasteiger partial charge in [-0.05, 0) is 41.5 Å². The number of carbonyl (C=O) groups is 3. The van der Waals surface area contributed by atoms with E-state index in [-0.39, 0.29) is 43.5 Å². The summed E-state index contributed by atoms with van der Waals surface area (Å²) in [6.45, 7) is 0.860. The van der Waals surface area contributed by atoms with Crippen LogP contribution in [0.5, 0.6) is 0 Å². The van der Waals surface area contributed by atoms with Crippen molar-refractivity contribution in [3.63, 3.8) is 0 Å². The number of carbonyl (C=O) groups excluding carboxylic acids is 2. The van der Waals surface area contributed by atoms with Crippen LogP contribution in [0.4, 0.5) is 4.79 Å². The molecule has 1 saturated carbocycles. The second kappa shape index (κ2) is 10.1. The number of carboxylic acids is 1. The molecule has 1 aliphatic heterocycles. The Morgan fingerprint density at radius 1 is 1.03 bits per heavy atom. The summed E-state index contributed by atoms with van der Waals surface area (Å²) in [4.78, 5) is 38.8. The molecule has 0 bridgehead atoms. The molecule has 8 heteroatoms. The Bertz CT molecular complexity index is 1070. The molecule has 184 valence electrons. The second-order valence-corrected chi connectivity index (χ2v) is 9.49. The predicted molar refractivity (Wildman–Crippen MR) is 128 cm³/mol. The maximum atomic E-state index is 13.1. The van der Waals surface area contributed by atoms with Crippen LogP contribution in [-0.2, 0) is 19.1 Å². The molecule has 2 N–H and O–H groups in total. The second-order valence-electron chi connectivity index (χ2n) is 9.49. The van der Waals surface area contributed by atoms with Crippen molar-refractivity contribution in [3.05, 3.63) is 59.7 Å². The molecule has 2 aromatic carbocycles. The zero-order valence-corrected chi connectivity index (χ0v) is 19.5. The maximum absolute atomic E-state index is 13.1. The summed E-state index contributed by atoms with van der Waals surface area (Å²) < 4.78 is 10.9. The van der Waals surface area contributed by atoms with Crippen LogP contribution in [-0.4, -0.2) is 66.4 Å². The highest BCUT2D eigenvalue weighted by molar-refractivity contribution is 5.85. The average Bonchev–Trinajstić information content (AvgIpc) is 3.21. The number of aliphatic carboxylic acids is 1. The third-order valence-electron chi connectivity index (χ3n) is 7.39. The summed E-state index contributed by atoms with van der Waals surface area (Å²) in [6, 6.07) is 15.2. The minimum absolute atomic E-state index is 0.00915. The van der Waals surface area contributed by atoms with Gasteiger partial charge in [0.25, 0.3) is 0 Å². The third-order valence-corrected chi connectivity index (χ3v) is 7.39. The molecule has 0 radical (unpaired) electrons. The number of hydrogen-bond acceptors (Lipinski definition) is 5. The Morgan fingerprint density at radius 3 is 2.40 bits per heavy atom. The van der Waals surface area contributed by atoms with Gasteiger partial charge in [-0.25, -0.2) is 9.59 Å². The lowest BCUT2D eigenvalue weighted by atomic mass is 9.84. The fourth-order valence-electron chi connectivity index (χ4n) is 5.66. The van der Waals surface area contributed by atoms with Crippen LogP contribution >= 0.6 is 0 Å². The molecule has 2 aromatic rings. The summed E-state index contributed by atoms with van der Waals surface area (Å²) in [5.74, 6) is -1.55. The fourth-order valence-corrected chi connectivity index (χ4v) is 5.66. The highest BCUT2D eigenvalue weighted by Crippen LogP contribution is 2.44. The van der Waals surface area contributed by atoms with Crippen LogP contribution in [0.2, 0.25) is 0 Å². The number of nitrogens with zero attached hydrogens (tertiary/aromatic N) is 1. The van der Waals surface area contributed by atoms with Gasteiger partial charge in [0, 0.05) is 24.4 Å². The number of ether oxygens (including phenoxy) is 2. The van der Waals surface area contributed by atoms with E-state index in [1.165, 1.54) is 16.0 Å². The monoisotopic (exact) mass is 478 g/mol. The Hall–Kier alpha value is -3.39. The van der Waals surface area contributed by atoms with Gasteiger partial charge in [-0.15, -0.1) is 0 Å². The van der Waals surface area contributed by atoms with Gasteiger partial charge >= 0.3 is 12.1 Å². The number of benzene rings is 2. The molecule has 35 heavy (non-hydrogen) atoms. The lowest BCUT2D eigenvalue weighted by Crippen LogP contribution is -2.55. The van der Waals surface area contributed by atoms with Gasteiger partial charge in [-0.2, -0.15) is 0 Å². The zero-order chi connectivity index (χ0) is 24.4. The SMILES string of the molecule is O=C(NC1CCCC(C(=O)N2CCOCC2C(=O)O)C1)OCC1c2ccccc2-c2ccccc21. The number of rotatable bonds is 5. The highest BCUT2D eigenvalue weighted by atomic mass is 16.5. The summed E-state index contributed by atoms with van der Waals surface area (Å²) >= 11 is 0. The van der Waals surface area contributed by atoms with Crippen molar-refractivity contribution >= 4 is 18.0 Å². The number of alkyl carbamates (subject to hydrolysis) is 1. The summed E-state index contributed by atoms with van der Waals surface area (Å²) in [5, 5.41) is 12.4. The first-order valence-corrected chi connectivity index (χ1v) is 12.3. The molecule has 5 rings (SSSR count). The van der Waals surface area contributed by atoms with Crippen LogP contribution in [0.15, 0.2) is 48.5 Å². The molecule has 3 unspecified atom stereocenters. The van der Waals surface area contributed by atoms with E-state index in [4.69, 9.17) is 9.47 Å². The van der Waals surface area contributed by atoms with Gasteiger partial charge < -0.3 is 24.8 Å². The topological polar surface area (TPSA) is 105 Å². The maximum Gasteiger partial charge on any atom is 0.407 e. The Balaban J connectivity index is 1.18. The van der Waals surface area contributed by atoms with Gasteiger partial charge in [0.05, 0.1) is 13.2 Å². The molecule has 0 spiro atoms. The van der Waals surface area contributed by atoms with Crippen molar-refractivity contribution < 1.29 is 29.0 Å². The number of amides is 2. The molecule has 8 nitrogen and oxygen atoms in total. The van der Waals surface area contributed by atoms with E-state index in [2.05, 4.69) is 29.6 Å². The van der Waals surface area contributed by atoms with Gasteiger partial charge in [0.15, 0.2) is 6.04 Å². The van der Waals surface area contributed by atoms with E-state index in [9.17, 15) is 19.5 Å². The molecule has 2 amide bonds. The molecule has 2 fully saturated rings. The normalized spacial score (nSPS) is 23.8. The van der Waals surface area contributed by atoms with Crippen LogP contribution in [0.3, 0.4) is 0 Å². The van der Waals surface area contributed by atoms with E-state index in [0.717, 1.165) is 24.0 Å². The van der Waals surface area contributed by atoms with Gasteiger partial charge in [0.1, 0.15) is 6.61 Å². The van der Waals surface area contributed by atoms with Crippen LogP contribution in [0.25, 0.3) is 11.1 Å². The Labute approximate surface area is 204 Å². The van der Waals surface area contributed by atoms with Crippen LogP contribution < -0.4 is 5.32 Å². The van der Waals surface area contributed by atoms with Gasteiger partial charge in [0.2, 0.25) is 5.91 Å². The van der Waals surface area contributed by atoms with Crippen molar-refractivity contribution in [2.45, 2.75) is 43.7 Å². The first-order chi connectivity index (χ1) is 17.0. The first-order valence-electron chi connectivity index (χ1n) is 12.3. The first kappa shape index (κ1) is 23.4. The van der Waals surface area contributed by atoms with E-state index < -0.39 is 18.1 Å². The number of carboxylic acid groups (broad SMARTS) is 1. The lowest BCUT2D eigenvalue weighted by molar-refractivity contribution is -0.160. The van der Waals surface area contributed by atoms with Crippen molar-refractivity contribution in [1.82, 2.24) is 10.2 Å². The number of hydrogen-bond donors (Lipinski definition) is 2. The number of fused-ring (bicyclic) bond motifs is 3. The summed E-state index contributed by atoms with van der Waals surface area (Å²) in [7, 11) is 0. The third kappa shape index (κ3) is 4.75. The molecule has 3 atom stereocenters. The van der Waals surface area contributed by atoms with E-state index >= 15 is 0 Å². The van der Waals surface area contributed by atoms with E-state index in [1.807, 2.05) is 24.3 Å². The zero-order valence-electron chi connectivity index (χ0n) is 19.5. The van der Waals surface area contributed by atoms with Crippen LogP contribution in [0.1, 0.15) is 42.7 Å². The quantitative estimate of drug-likeness (QED) is 0.683. The Morgan fingerprint density at radius 2 is 1.71 bits per heavy atom. The smallest absolute Gasteiger partial charge is 0.407 e. The van der Waals surface area contributed by atoms with Gasteiger partial charge in [-0.1, -0.05) is 55.0 Å². The molecular formula is C27H30N2O6. The number of nitrogens with one attached hydrogen (secondary N) is 1. The fraction of sp³-hybridized carbons (Fsp3) is 0.444. The summed E-state index contributed by atoms with van der Waals surface area (Å²) in [5.41, 5.74) is 4.66. The number of morpholine rings is 1. The largest absolute Gasteiger partial charge is 0.480 e. The van der Waals surface area contributed by atoms with Crippen molar-refractivity contribution in [3.8, 4) is 11.1 Å².